The molecule has 0 fully saturated rings. The molecular formula is C18H19ClFNO3. The molecule has 128 valence electrons. The summed E-state index contributed by atoms with van der Waals surface area (Å²) in [5.74, 6) is 0.663. The number of benzene rings is 2. The van der Waals surface area contributed by atoms with Gasteiger partial charge in [-0.1, -0.05) is 17.7 Å². The predicted molar refractivity (Wildman–Crippen MR) is 91.2 cm³/mol. The minimum Gasteiger partial charge on any atom is -0.497 e. The number of methoxy groups -OCH3 is 1. The summed E-state index contributed by atoms with van der Waals surface area (Å²) in [5, 5.41) is 3.08. The van der Waals surface area contributed by atoms with Crippen molar-refractivity contribution in [2.24, 2.45) is 0 Å². The molecule has 24 heavy (non-hydrogen) atoms. The van der Waals surface area contributed by atoms with Crippen LogP contribution < -0.4 is 14.8 Å². The molecule has 2 rings (SSSR count). The number of nitrogens with one attached hydrogen (secondary N) is 1. The molecule has 1 atom stereocenters. The van der Waals surface area contributed by atoms with Crippen LogP contribution in [0.5, 0.6) is 11.5 Å². The molecule has 0 bridgehead atoms. The number of hydrogen-bond acceptors (Lipinski definition) is 3. The quantitative estimate of drug-likeness (QED) is 0.829. The molecule has 0 spiro atoms. The number of carbonyl (C=O) groups excluding carboxylic acids is 1. The van der Waals surface area contributed by atoms with Gasteiger partial charge in [0.05, 0.1) is 19.6 Å². The van der Waals surface area contributed by atoms with E-state index in [-0.39, 0.29) is 18.4 Å². The van der Waals surface area contributed by atoms with Gasteiger partial charge in [0.1, 0.15) is 23.9 Å². The molecule has 2 aromatic rings. The highest BCUT2D eigenvalue weighted by atomic mass is 35.5. The molecule has 1 amide bonds. The summed E-state index contributed by atoms with van der Waals surface area (Å²) >= 11 is 5.69. The first kappa shape index (κ1) is 18.1. The van der Waals surface area contributed by atoms with Gasteiger partial charge in [-0.3, -0.25) is 4.79 Å². The van der Waals surface area contributed by atoms with Crippen LogP contribution in [0.3, 0.4) is 0 Å². The van der Waals surface area contributed by atoms with Crippen molar-refractivity contribution in [1.29, 1.82) is 0 Å². The van der Waals surface area contributed by atoms with E-state index in [0.717, 1.165) is 5.75 Å². The lowest BCUT2D eigenvalue weighted by atomic mass is 10.1. The van der Waals surface area contributed by atoms with Gasteiger partial charge in [0.2, 0.25) is 5.91 Å². The standard InChI is InChI=1S/C18H19ClFNO3/c1-12(11-24-16-7-5-15(23-2)6-8-16)21-18(22)9-13-3-4-14(19)10-17(13)20/h3-8,10,12H,9,11H2,1-2H3,(H,21,22)/t12-/m0/s1. The molecule has 0 radical (unpaired) electrons. The van der Waals surface area contributed by atoms with E-state index < -0.39 is 5.82 Å². The Hall–Kier alpha value is -2.27. The molecule has 0 saturated carbocycles. The maximum atomic E-state index is 13.7. The van der Waals surface area contributed by atoms with Gasteiger partial charge in [-0.25, -0.2) is 4.39 Å². The van der Waals surface area contributed by atoms with Gasteiger partial charge in [0, 0.05) is 5.02 Å². The molecule has 0 unspecified atom stereocenters. The van der Waals surface area contributed by atoms with E-state index in [1.165, 1.54) is 12.1 Å². The molecule has 0 aliphatic rings. The van der Waals surface area contributed by atoms with Crippen molar-refractivity contribution in [1.82, 2.24) is 5.32 Å². The van der Waals surface area contributed by atoms with E-state index >= 15 is 0 Å². The van der Waals surface area contributed by atoms with Gasteiger partial charge in [-0.05, 0) is 48.9 Å². The second-order valence-corrected chi connectivity index (χ2v) is 5.80. The Kier molecular flexibility index (Phi) is 6.44. The number of halogens is 2. The number of amides is 1. The van der Waals surface area contributed by atoms with Crippen molar-refractivity contribution < 1.29 is 18.7 Å². The highest BCUT2D eigenvalue weighted by Gasteiger charge is 2.12. The summed E-state index contributed by atoms with van der Waals surface area (Å²) in [6.45, 7) is 2.13. The highest BCUT2D eigenvalue weighted by Crippen LogP contribution is 2.17. The van der Waals surface area contributed by atoms with Crippen LogP contribution in [0, 0.1) is 5.82 Å². The van der Waals surface area contributed by atoms with E-state index in [0.29, 0.717) is 22.9 Å². The first-order valence-electron chi connectivity index (χ1n) is 7.48. The predicted octanol–water partition coefficient (Wildman–Crippen LogP) is 3.61. The Morgan fingerprint density at radius 2 is 1.88 bits per heavy atom. The Balaban J connectivity index is 1.80. The van der Waals surface area contributed by atoms with Gasteiger partial charge in [-0.15, -0.1) is 0 Å². The average Bonchev–Trinajstić information content (AvgIpc) is 2.56. The lowest BCUT2D eigenvalue weighted by Crippen LogP contribution is -2.37. The number of carbonyl (C=O) groups is 1. The second kappa shape index (κ2) is 8.55. The monoisotopic (exact) mass is 351 g/mol. The van der Waals surface area contributed by atoms with E-state index in [1.54, 1.807) is 37.4 Å². The lowest BCUT2D eigenvalue weighted by Gasteiger charge is -2.15. The van der Waals surface area contributed by atoms with Gasteiger partial charge in [0.25, 0.3) is 0 Å². The third kappa shape index (κ3) is 5.42. The first-order valence-corrected chi connectivity index (χ1v) is 7.86. The van der Waals surface area contributed by atoms with Gasteiger partial charge < -0.3 is 14.8 Å². The fourth-order valence-corrected chi connectivity index (χ4v) is 2.26. The normalized spacial score (nSPS) is 11.7. The fraction of sp³-hybridized carbons (Fsp3) is 0.278. The average molecular weight is 352 g/mol. The minimum absolute atomic E-state index is 0.0458. The van der Waals surface area contributed by atoms with Crippen molar-refractivity contribution in [3.05, 3.63) is 58.9 Å². The Morgan fingerprint density at radius 1 is 1.21 bits per heavy atom. The topological polar surface area (TPSA) is 47.6 Å². The molecule has 4 nitrogen and oxygen atoms in total. The zero-order chi connectivity index (χ0) is 17.5. The van der Waals surface area contributed by atoms with Crippen molar-refractivity contribution in [2.45, 2.75) is 19.4 Å². The largest absolute Gasteiger partial charge is 0.497 e. The third-order valence-electron chi connectivity index (χ3n) is 3.33. The Morgan fingerprint density at radius 3 is 2.50 bits per heavy atom. The molecule has 1 N–H and O–H groups in total. The molecule has 0 saturated heterocycles. The van der Waals surface area contributed by atoms with E-state index in [2.05, 4.69) is 5.32 Å². The van der Waals surface area contributed by atoms with Crippen LogP contribution in [-0.2, 0) is 11.2 Å². The molecule has 2 aromatic carbocycles. The smallest absolute Gasteiger partial charge is 0.224 e. The van der Waals surface area contributed by atoms with Crippen LogP contribution in [-0.4, -0.2) is 25.7 Å². The van der Waals surface area contributed by atoms with Crippen LogP contribution in [0.2, 0.25) is 5.02 Å². The number of hydrogen-bond donors (Lipinski definition) is 1. The second-order valence-electron chi connectivity index (χ2n) is 5.37. The zero-order valence-electron chi connectivity index (χ0n) is 13.5. The lowest BCUT2D eigenvalue weighted by molar-refractivity contribution is -0.121. The first-order chi connectivity index (χ1) is 11.5. The fourth-order valence-electron chi connectivity index (χ4n) is 2.10. The van der Waals surface area contributed by atoms with E-state index in [9.17, 15) is 9.18 Å². The van der Waals surface area contributed by atoms with E-state index in [1.807, 2.05) is 6.92 Å². The maximum absolute atomic E-state index is 13.7. The summed E-state index contributed by atoms with van der Waals surface area (Å²) in [5.41, 5.74) is 0.306. The number of ether oxygens (including phenoxy) is 2. The van der Waals surface area contributed by atoms with Crippen molar-refractivity contribution in [3.63, 3.8) is 0 Å². The Bertz CT molecular complexity index is 691. The van der Waals surface area contributed by atoms with Crippen LogP contribution >= 0.6 is 11.6 Å². The van der Waals surface area contributed by atoms with Crippen LogP contribution in [0.25, 0.3) is 0 Å². The highest BCUT2D eigenvalue weighted by molar-refractivity contribution is 6.30. The summed E-state index contributed by atoms with van der Waals surface area (Å²) in [6.07, 6.45) is -0.0458. The molecule has 6 heteroatoms. The maximum Gasteiger partial charge on any atom is 0.224 e. The third-order valence-corrected chi connectivity index (χ3v) is 3.57. The number of rotatable bonds is 7. The van der Waals surface area contributed by atoms with Gasteiger partial charge >= 0.3 is 0 Å². The molecule has 0 heterocycles. The minimum atomic E-state index is -0.486. The van der Waals surface area contributed by atoms with Crippen molar-refractivity contribution >= 4 is 17.5 Å². The summed E-state index contributed by atoms with van der Waals surface area (Å²) in [7, 11) is 1.59. The summed E-state index contributed by atoms with van der Waals surface area (Å²) in [4.78, 5) is 12.0. The van der Waals surface area contributed by atoms with E-state index in [4.69, 9.17) is 21.1 Å². The molecular weight excluding hydrogens is 333 g/mol. The molecule has 0 aliphatic carbocycles. The molecule has 0 aromatic heterocycles. The summed E-state index contributed by atoms with van der Waals surface area (Å²) in [6, 6.07) is 11.2. The van der Waals surface area contributed by atoms with Crippen molar-refractivity contribution in [2.75, 3.05) is 13.7 Å². The summed E-state index contributed by atoms with van der Waals surface area (Å²) < 4.78 is 24.3. The van der Waals surface area contributed by atoms with Crippen LogP contribution in [0.15, 0.2) is 42.5 Å². The SMILES string of the molecule is COc1ccc(OC[C@H](C)NC(=O)Cc2ccc(Cl)cc2F)cc1. The molecule has 0 aliphatic heterocycles. The van der Waals surface area contributed by atoms with Crippen LogP contribution in [0.1, 0.15) is 12.5 Å². The van der Waals surface area contributed by atoms with Gasteiger partial charge in [-0.2, -0.15) is 0 Å². The van der Waals surface area contributed by atoms with Crippen LogP contribution in [0.4, 0.5) is 4.39 Å². The zero-order valence-corrected chi connectivity index (χ0v) is 14.3. The van der Waals surface area contributed by atoms with Crippen molar-refractivity contribution in [3.8, 4) is 11.5 Å². The Labute approximate surface area is 145 Å². The van der Waals surface area contributed by atoms with Gasteiger partial charge in [0.15, 0.2) is 0 Å².